The van der Waals surface area contributed by atoms with Crippen molar-refractivity contribution in [3.63, 3.8) is 0 Å². The number of hydrogen-bond acceptors (Lipinski definition) is 4. The summed E-state index contributed by atoms with van der Waals surface area (Å²) in [5.41, 5.74) is 3.28. The molecular weight excluding hydrogens is 434 g/mol. The monoisotopic (exact) mass is 461 g/mol. The zero-order valence-corrected chi connectivity index (χ0v) is 19.7. The summed E-state index contributed by atoms with van der Waals surface area (Å²) in [5, 5.41) is 8.70. The van der Waals surface area contributed by atoms with Crippen molar-refractivity contribution in [1.82, 2.24) is 5.32 Å². The van der Waals surface area contributed by atoms with E-state index >= 15 is 0 Å². The zero-order chi connectivity index (χ0) is 23.8. The molecule has 0 heterocycles. The highest BCUT2D eigenvalue weighted by molar-refractivity contribution is 7.80. The van der Waals surface area contributed by atoms with Gasteiger partial charge in [0.1, 0.15) is 5.75 Å². The molecule has 0 fully saturated rings. The minimum absolute atomic E-state index is 0.162. The topological polar surface area (TPSA) is 79.5 Å². The Kier molecular flexibility index (Phi) is 8.16. The third kappa shape index (κ3) is 6.89. The molecule has 0 unspecified atom stereocenters. The van der Waals surface area contributed by atoms with E-state index in [1.807, 2.05) is 45.0 Å². The Morgan fingerprint density at radius 1 is 0.818 bits per heavy atom. The number of ether oxygens (including phenoxy) is 1. The molecule has 33 heavy (non-hydrogen) atoms. The minimum atomic E-state index is -0.353. The lowest BCUT2D eigenvalue weighted by Gasteiger charge is -2.14. The first kappa shape index (κ1) is 23.9. The molecule has 0 bridgehead atoms. The fourth-order valence-corrected chi connectivity index (χ4v) is 3.24. The first-order valence-electron chi connectivity index (χ1n) is 10.6. The summed E-state index contributed by atoms with van der Waals surface area (Å²) in [6.45, 7) is 6.49. The van der Waals surface area contributed by atoms with Crippen molar-refractivity contribution >= 4 is 40.5 Å². The van der Waals surface area contributed by atoms with Crippen molar-refractivity contribution in [2.45, 2.75) is 20.8 Å². The minimum Gasteiger partial charge on any atom is -0.492 e. The van der Waals surface area contributed by atoms with Gasteiger partial charge in [0, 0.05) is 16.9 Å². The van der Waals surface area contributed by atoms with E-state index in [9.17, 15) is 9.59 Å². The quantitative estimate of drug-likeness (QED) is 0.410. The molecule has 3 N–H and O–H groups in total. The SMILES string of the molecule is Cc1ccccc1C(=O)Nc1ccc(NC(=S)NC(=O)c2ccccc2OCC(C)C)cc1. The van der Waals surface area contributed by atoms with Gasteiger partial charge in [0.05, 0.1) is 12.2 Å². The third-order valence-corrected chi connectivity index (χ3v) is 4.93. The Hall–Kier alpha value is -3.71. The van der Waals surface area contributed by atoms with Gasteiger partial charge in [-0.15, -0.1) is 0 Å². The molecule has 2 amide bonds. The van der Waals surface area contributed by atoms with Crippen LogP contribution in [0.2, 0.25) is 0 Å². The van der Waals surface area contributed by atoms with Gasteiger partial charge in [0.2, 0.25) is 0 Å². The number of rotatable bonds is 7. The number of thiocarbonyl (C=S) groups is 1. The second kappa shape index (κ2) is 11.2. The first-order chi connectivity index (χ1) is 15.8. The molecule has 3 rings (SSSR count). The van der Waals surface area contributed by atoms with Crippen molar-refractivity contribution < 1.29 is 14.3 Å². The first-order valence-corrected chi connectivity index (χ1v) is 11.1. The summed E-state index contributed by atoms with van der Waals surface area (Å²) in [6, 6.07) is 21.5. The second-order valence-corrected chi connectivity index (χ2v) is 8.36. The Morgan fingerprint density at radius 2 is 1.39 bits per heavy atom. The normalized spacial score (nSPS) is 10.4. The fourth-order valence-electron chi connectivity index (χ4n) is 3.03. The highest BCUT2D eigenvalue weighted by Gasteiger charge is 2.14. The predicted octanol–water partition coefficient (Wildman–Crippen LogP) is 5.41. The fraction of sp³-hybridized carbons (Fsp3) is 0.192. The highest BCUT2D eigenvalue weighted by atomic mass is 32.1. The summed E-state index contributed by atoms with van der Waals surface area (Å²) in [4.78, 5) is 25.1. The molecular formula is C26H27N3O3S. The van der Waals surface area contributed by atoms with Crippen LogP contribution in [-0.2, 0) is 0 Å². The van der Waals surface area contributed by atoms with Crippen LogP contribution in [0.3, 0.4) is 0 Å². The van der Waals surface area contributed by atoms with Crippen molar-refractivity contribution in [3.05, 3.63) is 89.5 Å². The van der Waals surface area contributed by atoms with Crippen LogP contribution in [-0.4, -0.2) is 23.5 Å². The van der Waals surface area contributed by atoms with Crippen LogP contribution >= 0.6 is 12.2 Å². The van der Waals surface area contributed by atoms with E-state index in [0.29, 0.717) is 40.8 Å². The lowest BCUT2D eigenvalue weighted by Crippen LogP contribution is -2.34. The molecule has 0 aliphatic carbocycles. The third-order valence-electron chi connectivity index (χ3n) is 4.72. The lowest BCUT2D eigenvalue weighted by atomic mass is 10.1. The van der Waals surface area contributed by atoms with Crippen LogP contribution < -0.4 is 20.7 Å². The molecule has 170 valence electrons. The molecule has 0 saturated heterocycles. The maximum Gasteiger partial charge on any atom is 0.261 e. The average molecular weight is 462 g/mol. The maximum atomic E-state index is 12.7. The van der Waals surface area contributed by atoms with Crippen molar-refractivity contribution in [2.75, 3.05) is 17.2 Å². The highest BCUT2D eigenvalue weighted by Crippen LogP contribution is 2.19. The molecule has 0 aliphatic heterocycles. The summed E-state index contributed by atoms with van der Waals surface area (Å²) in [6.07, 6.45) is 0. The van der Waals surface area contributed by atoms with Gasteiger partial charge < -0.3 is 15.4 Å². The number of benzene rings is 3. The summed E-state index contributed by atoms with van der Waals surface area (Å²) < 4.78 is 5.74. The van der Waals surface area contributed by atoms with Gasteiger partial charge in [-0.2, -0.15) is 0 Å². The lowest BCUT2D eigenvalue weighted by molar-refractivity contribution is 0.0971. The Labute approximate surface area is 199 Å². The number of carbonyl (C=O) groups excluding carboxylic acids is 2. The van der Waals surface area contributed by atoms with Gasteiger partial charge in [-0.25, -0.2) is 0 Å². The van der Waals surface area contributed by atoms with E-state index in [-0.39, 0.29) is 16.9 Å². The van der Waals surface area contributed by atoms with E-state index in [2.05, 4.69) is 16.0 Å². The van der Waals surface area contributed by atoms with E-state index in [0.717, 1.165) is 5.56 Å². The van der Waals surface area contributed by atoms with Crippen LogP contribution in [0, 0.1) is 12.8 Å². The second-order valence-electron chi connectivity index (χ2n) is 7.96. The van der Waals surface area contributed by atoms with E-state index < -0.39 is 0 Å². The van der Waals surface area contributed by atoms with Crippen LogP contribution in [0.25, 0.3) is 0 Å². The molecule has 3 aromatic rings. The number of hydrogen-bond donors (Lipinski definition) is 3. The van der Waals surface area contributed by atoms with Gasteiger partial charge in [-0.05, 0) is 73.1 Å². The van der Waals surface area contributed by atoms with Crippen molar-refractivity contribution in [3.8, 4) is 5.75 Å². The molecule has 3 aromatic carbocycles. The number of nitrogens with one attached hydrogen (secondary N) is 3. The average Bonchev–Trinajstić information content (AvgIpc) is 2.79. The molecule has 7 heteroatoms. The molecule has 0 radical (unpaired) electrons. The largest absolute Gasteiger partial charge is 0.492 e. The summed E-state index contributed by atoms with van der Waals surface area (Å²) in [7, 11) is 0. The van der Waals surface area contributed by atoms with Gasteiger partial charge in [0.15, 0.2) is 5.11 Å². The van der Waals surface area contributed by atoms with E-state index in [4.69, 9.17) is 17.0 Å². The van der Waals surface area contributed by atoms with Crippen LogP contribution in [0.4, 0.5) is 11.4 Å². The molecule has 0 aromatic heterocycles. The zero-order valence-electron chi connectivity index (χ0n) is 18.8. The van der Waals surface area contributed by atoms with Crippen LogP contribution in [0.1, 0.15) is 40.1 Å². The van der Waals surface area contributed by atoms with Crippen LogP contribution in [0.5, 0.6) is 5.75 Å². The smallest absolute Gasteiger partial charge is 0.261 e. The number of aryl methyl sites for hydroxylation is 1. The number of anilines is 2. The summed E-state index contributed by atoms with van der Waals surface area (Å²) in [5.74, 6) is 0.331. The standard InChI is InChI=1S/C26H27N3O3S/c1-17(2)16-32-23-11-7-6-10-22(23)25(31)29-26(33)28-20-14-12-19(13-15-20)27-24(30)21-9-5-4-8-18(21)3/h4-15,17H,16H2,1-3H3,(H,27,30)(H2,28,29,31,33). The van der Waals surface area contributed by atoms with Crippen molar-refractivity contribution in [1.29, 1.82) is 0 Å². The number of amides is 2. The Balaban J connectivity index is 1.57. The molecule has 0 aliphatic rings. The molecule has 6 nitrogen and oxygen atoms in total. The van der Waals surface area contributed by atoms with Crippen LogP contribution in [0.15, 0.2) is 72.8 Å². The van der Waals surface area contributed by atoms with Crippen molar-refractivity contribution in [2.24, 2.45) is 5.92 Å². The van der Waals surface area contributed by atoms with Gasteiger partial charge in [0.25, 0.3) is 11.8 Å². The van der Waals surface area contributed by atoms with E-state index in [1.54, 1.807) is 48.5 Å². The van der Waals surface area contributed by atoms with Gasteiger partial charge in [-0.1, -0.05) is 44.2 Å². The van der Waals surface area contributed by atoms with Gasteiger partial charge >= 0.3 is 0 Å². The van der Waals surface area contributed by atoms with Gasteiger partial charge in [-0.3, -0.25) is 14.9 Å². The molecule has 0 spiro atoms. The Bertz CT molecular complexity index is 1140. The maximum absolute atomic E-state index is 12.7. The predicted molar refractivity (Wildman–Crippen MR) is 136 cm³/mol. The molecule has 0 saturated carbocycles. The number of carbonyl (C=O) groups is 2. The Morgan fingerprint density at radius 3 is 2.03 bits per heavy atom. The summed E-state index contributed by atoms with van der Waals surface area (Å²) >= 11 is 5.29. The number of para-hydroxylation sites is 1. The van der Waals surface area contributed by atoms with E-state index in [1.165, 1.54) is 0 Å². The molecule has 0 atom stereocenters.